The maximum atomic E-state index is 11.0. The molecule has 0 atom stereocenters. The van der Waals surface area contributed by atoms with E-state index in [-0.39, 0.29) is 11.0 Å². The molecular weight excluding hydrogens is 252 g/mol. The fraction of sp³-hybridized carbons (Fsp3) is 0.462. The van der Waals surface area contributed by atoms with E-state index in [4.69, 9.17) is 19.3 Å². The van der Waals surface area contributed by atoms with Gasteiger partial charge in [-0.15, -0.1) is 0 Å². The largest absolute Gasteiger partial charge is 0.490 e. The van der Waals surface area contributed by atoms with Crippen molar-refractivity contribution in [3.63, 3.8) is 0 Å². The number of ether oxygens (including phenoxy) is 3. The molecular formula is C13H20O6. The molecule has 6 heteroatoms. The molecule has 0 amide bonds. The Morgan fingerprint density at radius 1 is 1.00 bits per heavy atom. The molecule has 0 saturated carbocycles. The van der Waals surface area contributed by atoms with Crippen LogP contribution in [0, 0.1) is 0 Å². The average Bonchev–Trinajstić information content (AvgIpc) is 2.33. The zero-order valence-corrected chi connectivity index (χ0v) is 11.4. The van der Waals surface area contributed by atoms with Crippen LogP contribution in [-0.4, -0.2) is 36.4 Å². The molecule has 0 unspecified atom stereocenters. The Kier molecular flexibility index (Phi) is 7.36. The predicted molar refractivity (Wildman–Crippen MR) is 70.5 cm³/mol. The zero-order valence-electron chi connectivity index (χ0n) is 11.4. The van der Waals surface area contributed by atoms with Crippen molar-refractivity contribution in [3.05, 3.63) is 17.7 Å². The zero-order chi connectivity index (χ0) is 13.5. The van der Waals surface area contributed by atoms with Crippen molar-refractivity contribution < 1.29 is 29.6 Å². The van der Waals surface area contributed by atoms with Crippen LogP contribution in [-0.2, 0) is 0 Å². The first-order valence-corrected chi connectivity index (χ1v) is 5.93. The molecule has 3 N–H and O–H groups in total. The van der Waals surface area contributed by atoms with E-state index in [9.17, 15) is 4.79 Å². The van der Waals surface area contributed by atoms with E-state index in [0.717, 1.165) is 0 Å². The van der Waals surface area contributed by atoms with E-state index in [1.54, 1.807) is 0 Å². The van der Waals surface area contributed by atoms with Crippen molar-refractivity contribution in [2.45, 2.75) is 20.8 Å². The van der Waals surface area contributed by atoms with Crippen LogP contribution in [0.15, 0.2) is 12.1 Å². The standard InChI is InChI=1S/C13H18O5.H2O/c1-4-16-10-7-9(13(14)15)8-11(17-5-2)12(10)18-6-3;/h7-8H,4-6H2,1-3H3,(H,14,15);1H2. The number of hydrogen-bond acceptors (Lipinski definition) is 4. The van der Waals surface area contributed by atoms with Gasteiger partial charge in [-0.1, -0.05) is 0 Å². The van der Waals surface area contributed by atoms with Crippen LogP contribution in [0.3, 0.4) is 0 Å². The van der Waals surface area contributed by atoms with Crippen LogP contribution in [0.2, 0.25) is 0 Å². The molecule has 0 heterocycles. The van der Waals surface area contributed by atoms with Crippen LogP contribution < -0.4 is 14.2 Å². The van der Waals surface area contributed by atoms with Gasteiger partial charge in [0.2, 0.25) is 5.75 Å². The highest BCUT2D eigenvalue weighted by Gasteiger charge is 2.17. The van der Waals surface area contributed by atoms with Gasteiger partial charge in [0.25, 0.3) is 0 Å². The lowest BCUT2D eigenvalue weighted by molar-refractivity contribution is 0.0695. The van der Waals surface area contributed by atoms with Crippen molar-refractivity contribution in [1.29, 1.82) is 0 Å². The molecule has 1 aromatic carbocycles. The highest BCUT2D eigenvalue weighted by Crippen LogP contribution is 2.39. The smallest absolute Gasteiger partial charge is 0.335 e. The maximum Gasteiger partial charge on any atom is 0.335 e. The Morgan fingerprint density at radius 2 is 1.42 bits per heavy atom. The van der Waals surface area contributed by atoms with Crippen molar-refractivity contribution in [2.24, 2.45) is 0 Å². The summed E-state index contributed by atoms with van der Waals surface area (Å²) in [6.07, 6.45) is 0. The molecule has 0 saturated heterocycles. The Balaban J connectivity index is 0.00000324. The SMILES string of the molecule is CCOc1cc(C(=O)O)cc(OCC)c1OCC.O. The third kappa shape index (κ3) is 4.33. The molecule has 0 bridgehead atoms. The highest BCUT2D eigenvalue weighted by molar-refractivity contribution is 5.89. The number of rotatable bonds is 7. The summed E-state index contributed by atoms with van der Waals surface area (Å²) in [5, 5.41) is 9.04. The van der Waals surface area contributed by atoms with Crippen molar-refractivity contribution in [2.75, 3.05) is 19.8 Å². The number of benzene rings is 1. The molecule has 1 rings (SSSR count). The molecule has 19 heavy (non-hydrogen) atoms. The van der Waals surface area contributed by atoms with Crippen molar-refractivity contribution in [3.8, 4) is 17.2 Å². The third-order valence-corrected chi connectivity index (χ3v) is 2.16. The van der Waals surface area contributed by atoms with Gasteiger partial charge in [-0.05, 0) is 32.9 Å². The second-order valence-corrected chi connectivity index (χ2v) is 3.41. The van der Waals surface area contributed by atoms with Crippen LogP contribution in [0.25, 0.3) is 0 Å². The molecule has 0 aliphatic rings. The average molecular weight is 272 g/mol. The van der Waals surface area contributed by atoms with E-state index in [1.807, 2.05) is 20.8 Å². The van der Waals surface area contributed by atoms with Gasteiger partial charge >= 0.3 is 5.97 Å². The van der Waals surface area contributed by atoms with Crippen LogP contribution in [0.5, 0.6) is 17.2 Å². The van der Waals surface area contributed by atoms with Gasteiger partial charge in [-0.2, -0.15) is 0 Å². The molecule has 0 radical (unpaired) electrons. The minimum atomic E-state index is -1.03. The minimum absolute atomic E-state index is 0. The Labute approximate surface area is 112 Å². The lowest BCUT2D eigenvalue weighted by Gasteiger charge is -2.16. The molecule has 1 aromatic rings. The Bertz CT molecular complexity index is 389. The monoisotopic (exact) mass is 272 g/mol. The number of hydrogen-bond donors (Lipinski definition) is 1. The number of carboxylic acids is 1. The van der Waals surface area contributed by atoms with E-state index in [1.165, 1.54) is 12.1 Å². The fourth-order valence-electron chi connectivity index (χ4n) is 1.51. The summed E-state index contributed by atoms with van der Waals surface area (Å²) >= 11 is 0. The Morgan fingerprint density at radius 3 is 1.74 bits per heavy atom. The molecule has 0 aromatic heterocycles. The van der Waals surface area contributed by atoms with Gasteiger partial charge in [0.05, 0.1) is 25.4 Å². The number of aromatic carboxylic acids is 1. The Hall–Kier alpha value is -1.95. The molecule has 0 aliphatic carbocycles. The lowest BCUT2D eigenvalue weighted by atomic mass is 10.2. The second-order valence-electron chi connectivity index (χ2n) is 3.41. The van der Waals surface area contributed by atoms with E-state index in [2.05, 4.69) is 0 Å². The first-order valence-electron chi connectivity index (χ1n) is 5.93. The lowest BCUT2D eigenvalue weighted by Crippen LogP contribution is -2.05. The van der Waals surface area contributed by atoms with Gasteiger partial charge < -0.3 is 24.8 Å². The molecule has 0 spiro atoms. The fourth-order valence-corrected chi connectivity index (χ4v) is 1.51. The minimum Gasteiger partial charge on any atom is -0.490 e. The van der Waals surface area contributed by atoms with Gasteiger partial charge in [0, 0.05) is 0 Å². The summed E-state index contributed by atoms with van der Waals surface area (Å²) in [5.41, 5.74) is 0.116. The van der Waals surface area contributed by atoms with Gasteiger partial charge in [-0.3, -0.25) is 0 Å². The summed E-state index contributed by atoms with van der Waals surface area (Å²) < 4.78 is 16.3. The van der Waals surface area contributed by atoms with Crippen molar-refractivity contribution in [1.82, 2.24) is 0 Å². The number of carboxylic acid groups (broad SMARTS) is 1. The van der Waals surface area contributed by atoms with Crippen LogP contribution in [0.4, 0.5) is 0 Å². The van der Waals surface area contributed by atoms with Crippen LogP contribution >= 0.6 is 0 Å². The summed E-state index contributed by atoms with van der Waals surface area (Å²) in [6.45, 7) is 6.79. The molecule has 6 nitrogen and oxygen atoms in total. The van der Waals surface area contributed by atoms with Crippen molar-refractivity contribution >= 4 is 5.97 Å². The highest BCUT2D eigenvalue weighted by atomic mass is 16.5. The second kappa shape index (κ2) is 8.20. The normalized spacial score (nSPS) is 9.42. The quantitative estimate of drug-likeness (QED) is 0.815. The van der Waals surface area contributed by atoms with Gasteiger partial charge in [0.15, 0.2) is 11.5 Å². The molecule has 0 aliphatic heterocycles. The molecule has 0 fully saturated rings. The predicted octanol–water partition coefficient (Wildman–Crippen LogP) is 1.76. The molecule has 108 valence electrons. The van der Waals surface area contributed by atoms with Crippen LogP contribution in [0.1, 0.15) is 31.1 Å². The summed E-state index contributed by atoms with van der Waals surface area (Å²) in [4.78, 5) is 11.0. The topological polar surface area (TPSA) is 96.5 Å². The number of carbonyl (C=O) groups is 1. The summed E-state index contributed by atoms with van der Waals surface area (Å²) in [6, 6.07) is 2.89. The van der Waals surface area contributed by atoms with E-state index in [0.29, 0.717) is 37.1 Å². The first-order chi connectivity index (χ1) is 8.63. The van der Waals surface area contributed by atoms with Gasteiger partial charge in [-0.25, -0.2) is 4.79 Å². The summed E-state index contributed by atoms with van der Waals surface area (Å²) in [7, 11) is 0. The first kappa shape index (κ1) is 17.1. The van der Waals surface area contributed by atoms with E-state index < -0.39 is 5.97 Å². The maximum absolute atomic E-state index is 11.0. The summed E-state index contributed by atoms with van der Waals surface area (Å²) in [5.74, 6) is 0.205. The third-order valence-electron chi connectivity index (χ3n) is 2.16. The van der Waals surface area contributed by atoms with Gasteiger partial charge in [0.1, 0.15) is 0 Å². The van der Waals surface area contributed by atoms with E-state index >= 15 is 0 Å².